The molecule has 0 atom stereocenters. The Bertz CT molecular complexity index is 761. The van der Waals surface area contributed by atoms with Crippen molar-refractivity contribution in [2.24, 2.45) is 0 Å². The van der Waals surface area contributed by atoms with Gasteiger partial charge in [-0.25, -0.2) is 4.98 Å². The molecule has 0 spiro atoms. The monoisotopic (exact) mass is 442 g/mol. The molecule has 2 heterocycles. The highest BCUT2D eigenvalue weighted by Crippen LogP contribution is 2.41. The van der Waals surface area contributed by atoms with Crippen molar-refractivity contribution in [2.75, 3.05) is 0 Å². The first-order valence-corrected chi connectivity index (χ1v) is 13.2. The molecule has 0 amide bonds. The Morgan fingerprint density at radius 3 is 2.48 bits per heavy atom. The van der Waals surface area contributed by atoms with E-state index in [9.17, 15) is 0 Å². The molecule has 1 saturated carbocycles. The Labute approximate surface area is 165 Å². The predicted octanol–water partition coefficient (Wildman–Crippen LogP) is 6.96. The van der Waals surface area contributed by atoms with Crippen LogP contribution < -0.4 is 0 Å². The second-order valence-electron chi connectivity index (χ2n) is 8.72. The summed E-state index contributed by atoms with van der Waals surface area (Å²) in [6, 6.07) is 2.48. The minimum absolute atomic E-state index is 0.273. The van der Waals surface area contributed by atoms with Crippen molar-refractivity contribution in [3.05, 3.63) is 28.1 Å². The molecule has 3 rings (SSSR count). The molecule has 1 aliphatic carbocycles. The second kappa shape index (κ2) is 6.99. The van der Waals surface area contributed by atoms with Crippen LogP contribution in [0.25, 0.3) is 10.9 Å². The van der Waals surface area contributed by atoms with Crippen LogP contribution in [-0.2, 0) is 4.43 Å². The van der Waals surface area contributed by atoms with Gasteiger partial charge in [-0.3, -0.25) is 0 Å². The van der Waals surface area contributed by atoms with Crippen molar-refractivity contribution in [3.8, 4) is 0 Å². The van der Waals surface area contributed by atoms with Crippen molar-refractivity contribution in [1.29, 1.82) is 0 Å². The SMILES string of the molecule is CC(C)(C)[Si](C)(C)OC1CCC(n2cc(Br)c3cnc(Cl)cc32)CC1. The second-order valence-corrected chi connectivity index (χ2v) is 14.7. The molecule has 0 aromatic carbocycles. The molecule has 0 radical (unpaired) electrons. The Balaban J connectivity index is 1.72. The summed E-state index contributed by atoms with van der Waals surface area (Å²) in [7, 11) is -1.68. The van der Waals surface area contributed by atoms with Crippen molar-refractivity contribution in [3.63, 3.8) is 0 Å². The smallest absolute Gasteiger partial charge is 0.192 e. The molecule has 0 aliphatic heterocycles. The van der Waals surface area contributed by atoms with Gasteiger partial charge < -0.3 is 8.99 Å². The van der Waals surface area contributed by atoms with Crippen molar-refractivity contribution >= 4 is 46.8 Å². The molecule has 2 aromatic heterocycles. The van der Waals surface area contributed by atoms with E-state index in [4.69, 9.17) is 16.0 Å². The van der Waals surface area contributed by atoms with Gasteiger partial charge >= 0.3 is 0 Å². The molecule has 25 heavy (non-hydrogen) atoms. The predicted molar refractivity (Wildman–Crippen MR) is 112 cm³/mol. The Morgan fingerprint density at radius 1 is 1.24 bits per heavy atom. The van der Waals surface area contributed by atoms with E-state index in [0.717, 1.165) is 35.5 Å². The molecule has 3 nitrogen and oxygen atoms in total. The standard InChI is InChI=1S/C19H28BrClN2OSi/c1-19(2,3)25(4,5)24-14-8-6-13(7-9-14)23-12-16(20)15-11-22-18(21)10-17(15)23/h10-14H,6-9H2,1-5H3. The first-order chi connectivity index (χ1) is 11.6. The lowest BCUT2D eigenvalue weighted by molar-refractivity contribution is 0.119. The van der Waals surface area contributed by atoms with Gasteiger partial charge in [0.2, 0.25) is 0 Å². The first-order valence-electron chi connectivity index (χ1n) is 9.08. The van der Waals surface area contributed by atoms with Gasteiger partial charge in [0.05, 0.1) is 5.52 Å². The van der Waals surface area contributed by atoms with E-state index in [1.165, 1.54) is 5.52 Å². The van der Waals surface area contributed by atoms with Gasteiger partial charge in [-0.1, -0.05) is 32.4 Å². The van der Waals surface area contributed by atoms with E-state index < -0.39 is 8.32 Å². The van der Waals surface area contributed by atoms with E-state index in [-0.39, 0.29) is 5.04 Å². The maximum absolute atomic E-state index is 6.63. The molecule has 0 saturated heterocycles. The molecular weight excluding hydrogens is 416 g/mol. The zero-order chi connectivity index (χ0) is 18.4. The molecule has 0 N–H and O–H groups in total. The Hall–Kier alpha value is -0.363. The third kappa shape index (κ3) is 3.99. The van der Waals surface area contributed by atoms with Crippen LogP contribution in [-0.4, -0.2) is 24.0 Å². The van der Waals surface area contributed by atoms with Gasteiger partial charge in [-0.2, -0.15) is 0 Å². The first kappa shape index (κ1) is 19.4. The largest absolute Gasteiger partial charge is 0.414 e. The minimum atomic E-state index is -1.68. The van der Waals surface area contributed by atoms with Crippen LogP contribution in [0, 0.1) is 0 Å². The zero-order valence-electron chi connectivity index (χ0n) is 15.8. The number of pyridine rings is 1. The number of fused-ring (bicyclic) bond motifs is 1. The van der Waals surface area contributed by atoms with Crippen LogP contribution in [0.5, 0.6) is 0 Å². The van der Waals surface area contributed by atoms with Gasteiger partial charge in [0.25, 0.3) is 0 Å². The van der Waals surface area contributed by atoms with E-state index in [1.54, 1.807) is 0 Å². The summed E-state index contributed by atoms with van der Waals surface area (Å²) >= 11 is 9.78. The van der Waals surface area contributed by atoms with Crippen LogP contribution >= 0.6 is 27.5 Å². The molecular formula is C19H28BrClN2OSi. The van der Waals surface area contributed by atoms with Crippen molar-refractivity contribution < 1.29 is 4.43 Å². The number of nitrogens with zero attached hydrogens (tertiary/aromatic N) is 2. The van der Waals surface area contributed by atoms with Gasteiger partial charge in [-0.05, 0) is 65.8 Å². The van der Waals surface area contributed by atoms with E-state index in [0.29, 0.717) is 17.3 Å². The summed E-state index contributed by atoms with van der Waals surface area (Å²) < 4.78 is 10.1. The van der Waals surface area contributed by atoms with Gasteiger partial charge in [0.15, 0.2) is 8.32 Å². The summed E-state index contributed by atoms with van der Waals surface area (Å²) in [6.07, 6.45) is 9.01. The maximum Gasteiger partial charge on any atom is 0.192 e. The topological polar surface area (TPSA) is 27.1 Å². The van der Waals surface area contributed by atoms with Gasteiger partial charge in [0.1, 0.15) is 5.15 Å². The number of hydrogen-bond acceptors (Lipinski definition) is 2. The van der Waals surface area contributed by atoms with Gasteiger partial charge in [-0.15, -0.1) is 0 Å². The minimum Gasteiger partial charge on any atom is -0.414 e. The van der Waals surface area contributed by atoms with Crippen molar-refractivity contribution in [1.82, 2.24) is 9.55 Å². The molecule has 1 aliphatic rings. The summed E-state index contributed by atoms with van der Waals surface area (Å²) in [5.41, 5.74) is 1.17. The summed E-state index contributed by atoms with van der Waals surface area (Å²) in [6.45, 7) is 11.6. The van der Waals surface area contributed by atoms with E-state index >= 15 is 0 Å². The zero-order valence-corrected chi connectivity index (χ0v) is 19.1. The third-order valence-electron chi connectivity index (χ3n) is 5.94. The lowest BCUT2D eigenvalue weighted by Gasteiger charge is -2.41. The summed E-state index contributed by atoms with van der Waals surface area (Å²) in [4.78, 5) is 4.21. The third-order valence-corrected chi connectivity index (χ3v) is 11.3. The van der Waals surface area contributed by atoms with E-state index in [2.05, 4.69) is 65.5 Å². The fourth-order valence-corrected chi connectivity index (χ4v) is 5.52. The lowest BCUT2D eigenvalue weighted by Crippen LogP contribution is -2.44. The quantitative estimate of drug-likeness (QED) is 0.379. The molecule has 1 fully saturated rings. The Morgan fingerprint density at radius 2 is 1.88 bits per heavy atom. The molecule has 6 heteroatoms. The number of aromatic nitrogens is 2. The highest BCUT2D eigenvalue weighted by Gasteiger charge is 2.40. The van der Waals surface area contributed by atoms with Crippen LogP contribution in [0.2, 0.25) is 23.3 Å². The average molecular weight is 444 g/mol. The van der Waals surface area contributed by atoms with Crippen LogP contribution in [0.15, 0.2) is 22.9 Å². The number of rotatable bonds is 3. The normalized spacial score (nSPS) is 22.5. The Kier molecular flexibility index (Phi) is 5.42. The molecule has 0 unspecified atom stereocenters. The highest BCUT2D eigenvalue weighted by atomic mass is 79.9. The molecule has 0 bridgehead atoms. The van der Waals surface area contributed by atoms with Crippen LogP contribution in [0.1, 0.15) is 52.5 Å². The highest BCUT2D eigenvalue weighted by molar-refractivity contribution is 9.10. The van der Waals surface area contributed by atoms with Crippen LogP contribution in [0.4, 0.5) is 0 Å². The lowest BCUT2D eigenvalue weighted by atomic mass is 9.93. The van der Waals surface area contributed by atoms with Gasteiger partial charge in [0, 0.05) is 34.4 Å². The number of halogens is 2. The van der Waals surface area contributed by atoms with Crippen molar-refractivity contribution in [2.45, 2.75) is 76.7 Å². The maximum atomic E-state index is 6.63. The molecule has 138 valence electrons. The fourth-order valence-electron chi connectivity index (χ4n) is 3.42. The van der Waals surface area contributed by atoms with Crippen LogP contribution in [0.3, 0.4) is 0 Å². The summed E-state index contributed by atoms with van der Waals surface area (Å²) in [5, 5.41) is 1.95. The molecule has 2 aromatic rings. The fraction of sp³-hybridized carbons (Fsp3) is 0.632. The summed E-state index contributed by atoms with van der Waals surface area (Å²) in [5.74, 6) is 0. The van der Waals surface area contributed by atoms with E-state index in [1.807, 2.05) is 12.3 Å². The number of hydrogen-bond donors (Lipinski definition) is 0. The average Bonchev–Trinajstić information content (AvgIpc) is 2.83.